The Labute approximate surface area is 54.6 Å². The highest BCUT2D eigenvalue weighted by Crippen LogP contribution is 2.01. The first-order valence-electron chi connectivity index (χ1n) is 2.78. The number of rotatable bonds is 2. The van der Waals surface area contributed by atoms with Crippen molar-refractivity contribution in [2.45, 2.75) is 19.6 Å². The molecule has 0 bridgehead atoms. The number of ether oxygens (including phenoxy) is 1. The normalized spacial score (nSPS) is 25.9. The average Bonchev–Trinajstić information content (AvgIpc) is 1.55. The van der Waals surface area contributed by atoms with Gasteiger partial charge in [0.1, 0.15) is 6.23 Å². The second-order valence-electron chi connectivity index (χ2n) is 1.69. The van der Waals surface area contributed by atoms with Crippen molar-refractivity contribution in [3.63, 3.8) is 0 Å². The SMILES string of the molecule is CCOC1CCN1.[SiH4]. The zero-order chi connectivity index (χ0) is 5.11. The van der Waals surface area contributed by atoms with Crippen molar-refractivity contribution in [2.24, 2.45) is 0 Å². The first-order chi connectivity index (χ1) is 3.43. The molecule has 1 fully saturated rings. The average molecular weight is 133 g/mol. The fourth-order valence-corrected chi connectivity index (χ4v) is 0.606. The molecular weight excluding hydrogens is 118 g/mol. The van der Waals surface area contributed by atoms with Gasteiger partial charge in [0.15, 0.2) is 0 Å². The molecule has 0 aliphatic carbocycles. The maximum atomic E-state index is 5.17. The van der Waals surface area contributed by atoms with Crippen LogP contribution in [0.1, 0.15) is 13.3 Å². The smallest absolute Gasteiger partial charge is 0.109 e. The first kappa shape index (κ1) is 8.14. The maximum absolute atomic E-state index is 5.17. The van der Waals surface area contributed by atoms with Gasteiger partial charge in [0.05, 0.1) is 0 Å². The van der Waals surface area contributed by atoms with Crippen molar-refractivity contribution in [2.75, 3.05) is 13.2 Å². The lowest BCUT2D eigenvalue weighted by atomic mass is 10.2. The molecule has 1 unspecified atom stereocenters. The summed E-state index contributed by atoms with van der Waals surface area (Å²) in [6, 6.07) is 0. The van der Waals surface area contributed by atoms with E-state index in [2.05, 4.69) is 5.32 Å². The van der Waals surface area contributed by atoms with Crippen LogP contribution < -0.4 is 5.32 Å². The Hall–Kier alpha value is 0.137. The Morgan fingerprint density at radius 1 is 1.75 bits per heavy atom. The number of hydrogen-bond donors (Lipinski definition) is 1. The van der Waals surface area contributed by atoms with Gasteiger partial charge in [-0.05, 0) is 24.3 Å². The molecule has 0 spiro atoms. The highest BCUT2D eigenvalue weighted by molar-refractivity contribution is 5.75. The highest BCUT2D eigenvalue weighted by atomic mass is 28.1. The molecule has 0 amide bonds. The third-order valence-electron chi connectivity index (χ3n) is 1.15. The van der Waals surface area contributed by atoms with Gasteiger partial charge >= 0.3 is 0 Å². The minimum Gasteiger partial charge on any atom is -0.364 e. The molecule has 1 aliphatic heterocycles. The van der Waals surface area contributed by atoms with Crippen LogP contribution in [0.15, 0.2) is 0 Å². The van der Waals surface area contributed by atoms with Gasteiger partial charge in [0.2, 0.25) is 0 Å². The highest BCUT2D eigenvalue weighted by Gasteiger charge is 2.14. The fraction of sp³-hybridized carbons (Fsp3) is 1.00. The van der Waals surface area contributed by atoms with Crippen LogP contribution >= 0.6 is 0 Å². The Morgan fingerprint density at radius 2 is 2.38 bits per heavy atom. The topological polar surface area (TPSA) is 21.3 Å². The molecule has 0 aromatic heterocycles. The molecule has 2 nitrogen and oxygen atoms in total. The first-order valence-corrected chi connectivity index (χ1v) is 2.78. The van der Waals surface area contributed by atoms with E-state index in [1.165, 1.54) is 6.42 Å². The standard InChI is InChI=1S/C5H11NO.H4Si/c1-2-7-5-3-4-6-5;/h5-6H,2-4H2,1H3;1H4. The van der Waals surface area contributed by atoms with Crippen LogP contribution in [0.25, 0.3) is 0 Å². The van der Waals surface area contributed by atoms with Crippen molar-refractivity contribution >= 4 is 11.0 Å². The molecule has 0 aromatic rings. The summed E-state index contributed by atoms with van der Waals surface area (Å²) < 4.78 is 5.17. The van der Waals surface area contributed by atoms with E-state index in [1.807, 2.05) is 6.92 Å². The van der Waals surface area contributed by atoms with Gasteiger partial charge in [-0.1, -0.05) is 0 Å². The molecule has 1 heterocycles. The Balaban J connectivity index is 0.000000490. The van der Waals surface area contributed by atoms with Crippen LogP contribution in [-0.4, -0.2) is 30.3 Å². The number of nitrogens with one attached hydrogen (secondary N) is 1. The van der Waals surface area contributed by atoms with E-state index >= 15 is 0 Å². The van der Waals surface area contributed by atoms with E-state index < -0.39 is 0 Å². The van der Waals surface area contributed by atoms with Crippen LogP contribution in [0, 0.1) is 0 Å². The van der Waals surface area contributed by atoms with Crippen molar-refractivity contribution < 1.29 is 4.74 Å². The van der Waals surface area contributed by atoms with Gasteiger partial charge < -0.3 is 4.74 Å². The second kappa shape index (κ2) is 4.06. The van der Waals surface area contributed by atoms with Gasteiger partial charge in [-0.25, -0.2) is 0 Å². The largest absolute Gasteiger partial charge is 0.364 e. The summed E-state index contributed by atoms with van der Waals surface area (Å²) >= 11 is 0. The predicted octanol–water partition coefficient (Wildman–Crippen LogP) is -1.11. The van der Waals surface area contributed by atoms with E-state index in [-0.39, 0.29) is 11.0 Å². The lowest BCUT2D eigenvalue weighted by Crippen LogP contribution is -2.44. The molecule has 50 valence electrons. The molecule has 0 aromatic carbocycles. The van der Waals surface area contributed by atoms with E-state index in [0.29, 0.717) is 6.23 Å². The third-order valence-corrected chi connectivity index (χ3v) is 1.15. The maximum Gasteiger partial charge on any atom is 0.109 e. The number of hydrogen-bond acceptors (Lipinski definition) is 2. The van der Waals surface area contributed by atoms with E-state index in [9.17, 15) is 0 Å². The van der Waals surface area contributed by atoms with E-state index in [4.69, 9.17) is 4.74 Å². The monoisotopic (exact) mass is 133 g/mol. The lowest BCUT2D eigenvalue weighted by molar-refractivity contribution is -0.00615. The molecule has 1 atom stereocenters. The Bertz CT molecular complexity index is 56.4. The van der Waals surface area contributed by atoms with Crippen molar-refractivity contribution in [3.8, 4) is 0 Å². The molecule has 8 heavy (non-hydrogen) atoms. The molecule has 0 saturated carbocycles. The summed E-state index contributed by atoms with van der Waals surface area (Å²) in [4.78, 5) is 0. The zero-order valence-corrected chi connectivity index (χ0v) is 4.61. The van der Waals surface area contributed by atoms with Gasteiger partial charge in [-0.15, -0.1) is 0 Å². The molecular formula is C5H15NOSi. The minimum atomic E-state index is 0. The molecule has 3 heteroatoms. The molecule has 0 radical (unpaired) electrons. The zero-order valence-electron chi connectivity index (χ0n) is 4.61. The van der Waals surface area contributed by atoms with Crippen molar-refractivity contribution in [3.05, 3.63) is 0 Å². The summed E-state index contributed by atoms with van der Waals surface area (Å²) in [7, 11) is 0. The third kappa shape index (κ3) is 1.94. The molecule has 1 rings (SSSR count). The summed E-state index contributed by atoms with van der Waals surface area (Å²) in [5, 5.41) is 3.12. The van der Waals surface area contributed by atoms with Crippen LogP contribution in [0.5, 0.6) is 0 Å². The summed E-state index contributed by atoms with van der Waals surface area (Å²) in [5.41, 5.74) is 0. The van der Waals surface area contributed by atoms with Gasteiger partial charge in [-0.2, -0.15) is 0 Å². The van der Waals surface area contributed by atoms with Gasteiger partial charge in [0, 0.05) is 13.2 Å². The molecule has 1 aliphatic rings. The van der Waals surface area contributed by atoms with Crippen molar-refractivity contribution in [1.29, 1.82) is 0 Å². The quantitative estimate of drug-likeness (QED) is 0.482. The molecule has 1 saturated heterocycles. The van der Waals surface area contributed by atoms with E-state index in [1.54, 1.807) is 0 Å². The van der Waals surface area contributed by atoms with Crippen LogP contribution in [0.2, 0.25) is 0 Å². The van der Waals surface area contributed by atoms with Crippen LogP contribution in [0.4, 0.5) is 0 Å². The lowest BCUT2D eigenvalue weighted by Gasteiger charge is -2.26. The second-order valence-corrected chi connectivity index (χ2v) is 1.69. The van der Waals surface area contributed by atoms with Gasteiger partial charge in [0.25, 0.3) is 0 Å². The van der Waals surface area contributed by atoms with Gasteiger partial charge in [-0.3, -0.25) is 5.32 Å². The summed E-state index contributed by atoms with van der Waals surface area (Å²) in [6.07, 6.45) is 1.57. The fourth-order valence-electron chi connectivity index (χ4n) is 0.606. The minimum absolute atomic E-state index is 0. The molecule has 1 N–H and O–H groups in total. The Morgan fingerprint density at radius 3 is 2.50 bits per heavy atom. The summed E-state index contributed by atoms with van der Waals surface area (Å²) in [6.45, 7) is 3.97. The van der Waals surface area contributed by atoms with E-state index in [0.717, 1.165) is 13.2 Å². The predicted molar refractivity (Wildman–Crippen MR) is 39.4 cm³/mol. The Kier molecular flexibility index (Phi) is 4.13. The van der Waals surface area contributed by atoms with Crippen molar-refractivity contribution in [1.82, 2.24) is 5.32 Å². The van der Waals surface area contributed by atoms with Crippen LogP contribution in [0.3, 0.4) is 0 Å². The van der Waals surface area contributed by atoms with Crippen LogP contribution in [-0.2, 0) is 4.74 Å². The summed E-state index contributed by atoms with van der Waals surface area (Å²) in [5.74, 6) is 0.